The fourth-order valence-corrected chi connectivity index (χ4v) is 3.96. The minimum Gasteiger partial charge on any atom is -0.457 e. The normalized spacial score (nSPS) is 11.5. The first-order chi connectivity index (χ1) is 15.5. The van der Waals surface area contributed by atoms with E-state index in [2.05, 4.69) is 15.2 Å². The molecule has 5 aromatic rings. The maximum atomic E-state index is 11.7. The summed E-state index contributed by atoms with van der Waals surface area (Å²) in [7, 11) is -3.26. The van der Waals surface area contributed by atoms with Crippen LogP contribution in [-0.2, 0) is 9.84 Å². The number of ether oxygens (including phenoxy) is 1. The zero-order chi connectivity index (χ0) is 22.1. The quantitative estimate of drug-likeness (QED) is 0.394. The van der Waals surface area contributed by atoms with Gasteiger partial charge < -0.3 is 4.74 Å². The van der Waals surface area contributed by atoms with Crippen LogP contribution in [0, 0.1) is 0 Å². The van der Waals surface area contributed by atoms with E-state index in [0.29, 0.717) is 11.6 Å². The van der Waals surface area contributed by atoms with Gasteiger partial charge in [-0.25, -0.2) is 13.4 Å². The SMILES string of the molecule is CS(=O)(=O)c1ccc(-c2nnc3ncc(-c4ccc(Oc5ccccc5)cc4)cn23)cc1. The largest absolute Gasteiger partial charge is 0.457 e. The fraction of sp³-hybridized carbons (Fsp3) is 0.0417. The minimum atomic E-state index is -3.26. The Morgan fingerprint density at radius 1 is 0.750 bits per heavy atom. The van der Waals surface area contributed by atoms with Crippen molar-refractivity contribution in [3.05, 3.63) is 91.3 Å². The van der Waals surface area contributed by atoms with E-state index in [9.17, 15) is 8.42 Å². The number of aromatic nitrogens is 4. The molecule has 0 amide bonds. The van der Waals surface area contributed by atoms with Gasteiger partial charge in [0.25, 0.3) is 5.78 Å². The number of hydrogen-bond acceptors (Lipinski definition) is 6. The number of fused-ring (bicyclic) bond motifs is 1. The Balaban J connectivity index is 1.46. The van der Waals surface area contributed by atoms with Gasteiger partial charge in [0, 0.05) is 29.8 Å². The first-order valence-electron chi connectivity index (χ1n) is 9.82. The summed E-state index contributed by atoms with van der Waals surface area (Å²) in [6, 6.07) is 23.9. The number of sulfone groups is 1. The van der Waals surface area contributed by atoms with Crippen LogP contribution in [0.1, 0.15) is 0 Å². The van der Waals surface area contributed by atoms with E-state index in [4.69, 9.17) is 4.74 Å². The van der Waals surface area contributed by atoms with Crippen molar-refractivity contribution in [2.75, 3.05) is 6.26 Å². The molecule has 0 N–H and O–H groups in total. The first-order valence-corrected chi connectivity index (χ1v) is 11.7. The number of benzene rings is 3. The van der Waals surface area contributed by atoms with Crippen molar-refractivity contribution in [3.8, 4) is 34.0 Å². The smallest absolute Gasteiger partial charge is 0.255 e. The molecule has 0 spiro atoms. The Bertz CT molecular complexity index is 1500. The van der Waals surface area contributed by atoms with E-state index in [0.717, 1.165) is 28.2 Å². The molecule has 0 aliphatic rings. The van der Waals surface area contributed by atoms with Gasteiger partial charge in [0.2, 0.25) is 0 Å². The molecular weight excluding hydrogens is 424 g/mol. The molecule has 3 aromatic carbocycles. The van der Waals surface area contributed by atoms with Gasteiger partial charge in [-0.2, -0.15) is 0 Å². The predicted molar refractivity (Wildman–Crippen MR) is 121 cm³/mol. The van der Waals surface area contributed by atoms with E-state index < -0.39 is 9.84 Å². The summed E-state index contributed by atoms with van der Waals surface area (Å²) in [5.41, 5.74) is 2.60. The average molecular weight is 443 g/mol. The Hall–Kier alpha value is -4.04. The maximum Gasteiger partial charge on any atom is 0.255 e. The third-order valence-electron chi connectivity index (χ3n) is 4.97. The van der Waals surface area contributed by atoms with Crippen LogP contribution in [0.5, 0.6) is 11.5 Å². The molecule has 0 saturated heterocycles. The standard InChI is InChI=1S/C24H18N4O3S/c1-32(29,30)22-13-9-18(10-14-22)23-26-27-24-25-15-19(16-28(23)24)17-7-11-21(12-8-17)31-20-5-3-2-4-6-20/h2-16H,1H3. The molecule has 158 valence electrons. The van der Waals surface area contributed by atoms with Crippen molar-refractivity contribution in [2.24, 2.45) is 0 Å². The Labute approximate surface area is 184 Å². The number of nitrogens with zero attached hydrogens (tertiary/aromatic N) is 4. The van der Waals surface area contributed by atoms with Gasteiger partial charge in [0.05, 0.1) is 4.90 Å². The van der Waals surface area contributed by atoms with Crippen LogP contribution in [0.25, 0.3) is 28.3 Å². The second-order valence-electron chi connectivity index (χ2n) is 7.27. The van der Waals surface area contributed by atoms with E-state index in [1.807, 2.05) is 60.8 Å². The summed E-state index contributed by atoms with van der Waals surface area (Å²) in [5, 5.41) is 8.36. The van der Waals surface area contributed by atoms with Crippen LogP contribution in [0.4, 0.5) is 0 Å². The molecule has 32 heavy (non-hydrogen) atoms. The molecular formula is C24H18N4O3S. The van der Waals surface area contributed by atoms with Crippen LogP contribution < -0.4 is 4.74 Å². The third-order valence-corrected chi connectivity index (χ3v) is 6.10. The molecule has 2 heterocycles. The zero-order valence-electron chi connectivity index (χ0n) is 17.1. The lowest BCUT2D eigenvalue weighted by Gasteiger charge is -2.07. The Morgan fingerprint density at radius 2 is 1.41 bits per heavy atom. The predicted octanol–water partition coefficient (Wildman–Crippen LogP) is 4.65. The van der Waals surface area contributed by atoms with Crippen molar-refractivity contribution in [2.45, 2.75) is 4.90 Å². The molecule has 8 heteroatoms. The van der Waals surface area contributed by atoms with Gasteiger partial charge in [0.1, 0.15) is 11.5 Å². The lowest BCUT2D eigenvalue weighted by atomic mass is 10.1. The second kappa shape index (κ2) is 7.90. The summed E-state index contributed by atoms with van der Waals surface area (Å²) >= 11 is 0. The lowest BCUT2D eigenvalue weighted by molar-refractivity contribution is 0.483. The minimum absolute atomic E-state index is 0.256. The van der Waals surface area contributed by atoms with Crippen molar-refractivity contribution >= 4 is 15.6 Å². The van der Waals surface area contributed by atoms with Crippen molar-refractivity contribution < 1.29 is 13.2 Å². The highest BCUT2D eigenvalue weighted by Crippen LogP contribution is 2.27. The summed E-state index contributed by atoms with van der Waals surface area (Å²) in [5.74, 6) is 2.56. The average Bonchev–Trinajstić information content (AvgIpc) is 3.23. The van der Waals surface area contributed by atoms with Gasteiger partial charge in [-0.3, -0.25) is 4.40 Å². The van der Waals surface area contributed by atoms with Crippen LogP contribution in [0.15, 0.2) is 96.2 Å². The third kappa shape index (κ3) is 3.95. The monoisotopic (exact) mass is 442 g/mol. The highest BCUT2D eigenvalue weighted by atomic mass is 32.2. The molecule has 0 aliphatic heterocycles. The first kappa shape index (κ1) is 19.9. The van der Waals surface area contributed by atoms with E-state index in [1.165, 1.54) is 6.26 Å². The maximum absolute atomic E-state index is 11.7. The van der Waals surface area contributed by atoms with Gasteiger partial charge in [-0.15, -0.1) is 10.2 Å². The molecule has 0 fully saturated rings. The molecule has 0 unspecified atom stereocenters. The van der Waals surface area contributed by atoms with Crippen LogP contribution in [-0.4, -0.2) is 34.3 Å². The summed E-state index contributed by atoms with van der Waals surface area (Å²) < 4.78 is 31.1. The summed E-state index contributed by atoms with van der Waals surface area (Å²) in [4.78, 5) is 4.67. The van der Waals surface area contributed by atoms with E-state index >= 15 is 0 Å². The number of hydrogen-bond donors (Lipinski definition) is 0. The Kier molecular flexibility index (Phi) is 4.91. The van der Waals surface area contributed by atoms with E-state index in [-0.39, 0.29) is 4.90 Å². The Morgan fingerprint density at radius 3 is 2.09 bits per heavy atom. The molecule has 0 radical (unpaired) electrons. The molecule has 0 aliphatic carbocycles. The highest BCUT2D eigenvalue weighted by molar-refractivity contribution is 7.90. The molecule has 5 rings (SSSR count). The fourth-order valence-electron chi connectivity index (χ4n) is 3.33. The molecule has 0 atom stereocenters. The molecule has 7 nitrogen and oxygen atoms in total. The van der Waals surface area contributed by atoms with Crippen molar-refractivity contribution in [1.29, 1.82) is 0 Å². The van der Waals surface area contributed by atoms with Crippen LogP contribution in [0.3, 0.4) is 0 Å². The molecule has 0 bridgehead atoms. The summed E-state index contributed by atoms with van der Waals surface area (Å²) in [6.45, 7) is 0. The number of rotatable bonds is 5. The van der Waals surface area contributed by atoms with Crippen LogP contribution >= 0.6 is 0 Å². The van der Waals surface area contributed by atoms with Crippen molar-refractivity contribution in [1.82, 2.24) is 19.6 Å². The highest BCUT2D eigenvalue weighted by Gasteiger charge is 2.12. The molecule has 2 aromatic heterocycles. The van der Waals surface area contributed by atoms with Gasteiger partial charge in [0.15, 0.2) is 15.7 Å². The zero-order valence-corrected chi connectivity index (χ0v) is 17.9. The van der Waals surface area contributed by atoms with Crippen molar-refractivity contribution in [3.63, 3.8) is 0 Å². The van der Waals surface area contributed by atoms with E-state index in [1.54, 1.807) is 34.9 Å². The topological polar surface area (TPSA) is 86.5 Å². The summed E-state index contributed by atoms with van der Waals surface area (Å²) in [6.07, 6.45) is 4.84. The van der Waals surface area contributed by atoms with Crippen LogP contribution in [0.2, 0.25) is 0 Å². The lowest BCUT2D eigenvalue weighted by Crippen LogP contribution is -1.97. The number of para-hydroxylation sites is 1. The van der Waals surface area contributed by atoms with Gasteiger partial charge in [-0.05, 0) is 54.1 Å². The second-order valence-corrected chi connectivity index (χ2v) is 9.29. The molecule has 0 saturated carbocycles. The van der Waals surface area contributed by atoms with Gasteiger partial charge in [-0.1, -0.05) is 30.3 Å². The van der Waals surface area contributed by atoms with Gasteiger partial charge >= 0.3 is 0 Å².